The fraction of sp³-hybridized carbons (Fsp3) is 0.318. The predicted molar refractivity (Wildman–Crippen MR) is 107 cm³/mol. The molecule has 150 valence electrons. The lowest BCUT2D eigenvalue weighted by atomic mass is 9.96. The molecule has 7 heteroatoms. The van der Waals surface area contributed by atoms with Crippen LogP contribution >= 0.6 is 0 Å². The molecule has 0 saturated carbocycles. The summed E-state index contributed by atoms with van der Waals surface area (Å²) >= 11 is 0. The van der Waals surface area contributed by atoms with Gasteiger partial charge in [-0.15, -0.1) is 0 Å². The molecule has 0 aliphatic carbocycles. The molecule has 2 aliphatic rings. The smallest absolute Gasteiger partial charge is 0.295 e. The van der Waals surface area contributed by atoms with Crippen LogP contribution in [0.1, 0.15) is 17.2 Å². The summed E-state index contributed by atoms with van der Waals surface area (Å²) < 4.78 is 5.37. The molecular formula is C22H23N3O4. The van der Waals surface area contributed by atoms with E-state index in [0.717, 1.165) is 18.7 Å². The number of ether oxygens (including phenoxy) is 1. The number of benzene rings is 1. The van der Waals surface area contributed by atoms with E-state index in [9.17, 15) is 14.7 Å². The highest BCUT2D eigenvalue weighted by Gasteiger charge is 2.45. The average molecular weight is 393 g/mol. The summed E-state index contributed by atoms with van der Waals surface area (Å²) in [5, 5.41) is 10.9. The molecule has 2 fully saturated rings. The number of ketones is 1. The number of aliphatic hydroxyl groups is 1. The maximum absolute atomic E-state index is 12.9. The number of carbonyl (C=O) groups is 2. The second-order valence-corrected chi connectivity index (χ2v) is 7.09. The van der Waals surface area contributed by atoms with Crippen molar-refractivity contribution in [3.63, 3.8) is 0 Å². The van der Waals surface area contributed by atoms with Gasteiger partial charge >= 0.3 is 0 Å². The van der Waals surface area contributed by atoms with Gasteiger partial charge in [0.05, 0.1) is 24.8 Å². The highest BCUT2D eigenvalue weighted by atomic mass is 16.5. The number of amides is 1. The van der Waals surface area contributed by atoms with Crippen molar-refractivity contribution in [1.82, 2.24) is 14.8 Å². The molecular weight excluding hydrogens is 370 g/mol. The van der Waals surface area contributed by atoms with Crippen molar-refractivity contribution in [1.29, 1.82) is 0 Å². The first-order valence-electron chi connectivity index (χ1n) is 9.70. The van der Waals surface area contributed by atoms with Gasteiger partial charge in [-0.2, -0.15) is 0 Å². The van der Waals surface area contributed by atoms with Gasteiger partial charge in [0.25, 0.3) is 11.7 Å². The van der Waals surface area contributed by atoms with Crippen molar-refractivity contribution in [3.8, 4) is 0 Å². The van der Waals surface area contributed by atoms with E-state index in [1.807, 2.05) is 6.07 Å². The molecule has 1 aromatic carbocycles. The van der Waals surface area contributed by atoms with E-state index in [4.69, 9.17) is 4.74 Å². The third-order valence-corrected chi connectivity index (χ3v) is 5.37. The van der Waals surface area contributed by atoms with E-state index >= 15 is 0 Å². The highest BCUT2D eigenvalue weighted by molar-refractivity contribution is 6.46. The lowest BCUT2D eigenvalue weighted by Gasteiger charge is -2.30. The topological polar surface area (TPSA) is 83.0 Å². The Kier molecular flexibility index (Phi) is 5.69. The Bertz CT molecular complexity index is 908. The summed E-state index contributed by atoms with van der Waals surface area (Å²) in [5.74, 6) is -1.40. The van der Waals surface area contributed by atoms with Crippen LogP contribution in [0.15, 0.2) is 60.4 Å². The average Bonchev–Trinajstić information content (AvgIpc) is 3.04. The van der Waals surface area contributed by atoms with Crippen LogP contribution in [-0.4, -0.2) is 71.0 Å². The fourth-order valence-corrected chi connectivity index (χ4v) is 3.83. The predicted octanol–water partition coefficient (Wildman–Crippen LogP) is 1.84. The largest absolute Gasteiger partial charge is 0.507 e. The van der Waals surface area contributed by atoms with Gasteiger partial charge in [-0.05, 0) is 17.7 Å². The van der Waals surface area contributed by atoms with Gasteiger partial charge in [0.1, 0.15) is 5.76 Å². The molecule has 4 rings (SSSR count). The van der Waals surface area contributed by atoms with Gasteiger partial charge in [-0.25, -0.2) is 0 Å². The van der Waals surface area contributed by atoms with E-state index in [1.54, 1.807) is 53.7 Å². The van der Waals surface area contributed by atoms with Crippen LogP contribution in [0.25, 0.3) is 5.76 Å². The van der Waals surface area contributed by atoms with Gasteiger partial charge in [-0.3, -0.25) is 19.5 Å². The van der Waals surface area contributed by atoms with Crippen molar-refractivity contribution in [2.24, 2.45) is 0 Å². The van der Waals surface area contributed by atoms with Crippen LogP contribution in [-0.2, 0) is 14.3 Å². The third-order valence-electron chi connectivity index (χ3n) is 5.37. The summed E-state index contributed by atoms with van der Waals surface area (Å²) in [5.41, 5.74) is 1.38. The van der Waals surface area contributed by atoms with Crippen molar-refractivity contribution in [2.75, 3.05) is 39.4 Å². The number of morpholine rings is 1. The van der Waals surface area contributed by atoms with Crippen molar-refractivity contribution in [2.45, 2.75) is 6.04 Å². The molecule has 1 amide bonds. The number of hydrogen-bond acceptors (Lipinski definition) is 6. The molecule has 29 heavy (non-hydrogen) atoms. The zero-order valence-electron chi connectivity index (χ0n) is 16.0. The molecule has 0 unspecified atom stereocenters. The van der Waals surface area contributed by atoms with E-state index in [2.05, 4.69) is 9.88 Å². The summed E-state index contributed by atoms with van der Waals surface area (Å²) in [6.07, 6.45) is 3.25. The molecule has 7 nitrogen and oxygen atoms in total. The van der Waals surface area contributed by atoms with Crippen LogP contribution < -0.4 is 0 Å². The number of hydrogen-bond donors (Lipinski definition) is 1. The van der Waals surface area contributed by atoms with E-state index in [0.29, 0.717) is 31.9 Å². The second-order valence-electron chi connectivity index (χ2n) is 7.09. The van der Waals surface area contributed by atoms with Gasteiger partial charge in [0.15, 0.2) is 0 Å². The molecule has 2 saturated heterocycles. The molecule has 0 bridgehead atoms. The Hall–Kier alpha value is -3.03. The SMILES string of the molecule is O=C1C(=O)N(CCN2CCOCC2)[C@H](c2ccncc2)C1=C(O)c1ccccc1. The summed E-state index contributed by atoms with van der Waals surface area (Å²) in [7, 11) is 0. The highest BCUT2D eigenvalue weighted by Crippen LogP contribution is 2.38. The molecule has 1 aromatic heterocycles. The van der Waals surface area contributed by atoms with Crippen molar-refractivity contribution in [3.05, 3.63) is 71.6 Å². The Labute approximate surface area is 169 Å². The molecule has 0 radical (unpaired) electrons. The maximum atomic E-state index is 12.9. The number of nitrogens with zero attached hydrogens (tertiary/aromatic N) is 3. The lowest BCUT2D eigenvalue weighted by molar-refractivity contribution is -0.140. The first-order chi connectivity index (χ1) is 14.2. The fourth-order valence-electron chi connectivity index (χ4n) is 3.83. The number of aliphatic hydroxyl groups excluding tert-OH is 1. The molecule has 1 N–H and O–H groups in total. The van der Waals surface area contributed by atoms with E-state index in [-0.39, 0.29) is 11.3 Å². The molecule has 0 spiro atoms. The third kappa shape index (κ3) is 3.92. The van der Waals surface area contributed by atoms with E-state index in [1.165, 1.54) is 0 Å². The minimum atomic E-state index is -0.657. The number of rotatable bonds is 5. The normalized spacial score (nSPS) is 22.2. The number of pyridine rings is 1. The molecule has 1 atom stereocenters. The second kappa shape index (κ2) is 8.55. The number of carbonyl (C=O) groups excluding carboxylic acids is 2. The summed E-state index contributed by atoms with van der Waals surface area (Å²) in [6.45, 7) is 3.97. The van der Waals surface area contributed by atoms with Crippen LogP contribution in [0, 0.1) is 0 Å². The molecule has 2 aromatic rings. The van der Waals surface area contributed by atoms with Gasteiger partial charge in [0.2, 0.25) is 0 Å². The van der Waals surface area contributed by atoms with Gasteiger partial charge in [-0.1, -0.05) is 30.3 Å². The first kappa shape index (κ1) is 19.3. The summed E-state index contributed by atoms with van der Waals surface area (Å²) in [4.78, 5) is 33.6. The first-order valence-corrected chi connectivity index (χ1v) is 9.70. The zero-order chi connectivity index (χ0) is 20.2. The summed E-state index contributed by atoms with van der Waals surface area (Å²) in [6, 6.07) is 11.8. The minimum absolute atomic E-state index is 0.120. The Morgan fingerprint density at radius 2 is 1.72 bits per heavy atom. The molecule has 3 heterocycles. The van der Waals surface area contributed by atoms with E-state index < -0.39 is 17.7 Å². The van der Waals surface area contributed by atoms with Gasteiger partial charge in [0, 0.05) is 44.1 Å². The Morgan fingerprint density at radius 1 is 1.03 bits per heavy atom. The van der Waals surface area contributed by atoms with Crippen LogP contribution in [0.2, 0.25) is 0 Å². The quantitative estimate of drug-likeness (QED) is 0.474. The Balaban J connectivity index is 1.70. The molecule has 2 aliphatic heterocycles. The monoisotopic (exact) mass is 393 g/mol. The number of Topliss-reactive ketones (excluding diaryl/α,β-unsaturated/α-hetero) is 1. The number of aromatic nitrogens is 1. The van der Waals surface area contributed by atoms with Crippen LogP contribution in [0.5, 0.6) is 0 Å². The van der Waals surface area contributed by atoms with Crippen molar-refractivity contribution < 1.29 is 19.4 Å². The van der Waals surface area contributed by atoms with Crippen molar-refractivity contribution >= 4 is 17.4 Å². The standard InChI is InChI=1S/C22H23N3O4/c26-20(17-4-2-1-3-5-17)18-19(16-6-8-23-9-7-16)25(22(28)21(18)27)11-10-24-12-14-29-15-13-24/h1-9,19,26H,10-15H2/t19-/m1/s1. The lowest BCUT2D eigenvalue weighted by Crippen LogP contribution is -2.42. The Morgan fingerprint density at radius 3 is 2.41 bits per heavy atom. The minimum Gasteiger partial charge on any atom is -0.507 e. The van der Waals surface area contributed by atoms with Gasteiger partial charge < -0.3 is 14.7 Å². The maximum Gasteiger partial charge on any atom is 0.295 e. The number of likely N-dealkylation sites (tertiary alicyclic amines) is 1. The van der Waals surface area contributed by atoms with Crippen LogP contribution in [0.3, 0.4) is 0 Å². The zero-order valence-corrected chi connectivity index (χ0v) is 16.0. The van der Waals surface area contributed by atoms with Crippen LogP contribution in [0.4, 0.5) is 0 Å².